The van der Waals surface area contributed by atoms with E-state index >= 15 is 0 Å². The molecule has 0 heterocycles. The second-order valence-corrected chi connectivity index (χ2v) is 10.1. The van der Waals surface area contributed by atoms with Crippen LogP contribution in [-0.2, 0) is 34.4 Å². The zero-order valence-corrected chi connectivity index (χ0v) is 19.5. The quantitative estimate of drug-likeness (QED) is 0.279. The fourth-order valence-corrected chi connectivity index (χ4v) is 4.67. The summed E-state index contributed by atoms with van der Waals surface area (Å²) in [7, 11) is -7.05. The van der Waals surface area contributed by atoms with Crippen LogP contribution >= 0.6 is 0 Å². The molecule has 0 spiro atoms. The number of aliphatic hydroxyl groups is 1. The first-order chi connectivity index (χ1) is 14.3. The van der Waals surface area contributed by atoms with Crippen molar-refractivity contribution in [3.63, 3.8) is 0 Å². The molecule has 0 unspecified atom stereocenters. The Hall–Kier alpha value is -2.22. The smallest absolute Gasteiger partial charge is 0.339 e. The highest BCUT2D eigenvalue weighted by atomic mass is 32.2. The van der Waals surface area contributed by atoms with Gasteiger partial charge in [0.15, 0.2) is 11.3 Å². The molecule has 176 valence electrons. The van der Waals surface area contributed by atoms with Gasteiger partial charge < -0.3 is 14.7 Å². The summed E-state index contributed by atoms with van der Waals surface area (Å²) in [6.07, 6.45) is 0.854. The Morgan fingerprint density at radius 1 is 1.23 bits per heavy atom. The van der Waals surface area contributed by atoms with Gasteiger partial charge in [0.2, 0.25) is 20.0 Å². The predicted octanol–water partition coefficient (Wildman–Crippen LogP) is 0.195. The Balaban J connectivity index is 3.95. The Bertz CT molecular complexity index is 1010. The van der Waals surface area contributed by atoms with Crippen LogP contribution < -0.4 is 14.8 Å². The molecule has 0 saturated carbocycles. The molecule has 0 aliphatic rings. The fourth-order valence-electron chi connectivity index (χ4n) is 3.36. The van der Waals surface area contributed by atoms with Crippen molar-refractivity contribution in [2.24, 2.45) is 5.14 Å². The maximum Gasteiger partial charge on any atom is 0.339 e. The average Bonchev–Trinajstić information content (AvgIpc) is 2.67. The zero-order valence-electron chi connectivity index (χ0n) is 17.9. The average molecular weight is 480 g/mol. The van der Waals surface area contributed by atoms with Crippen molar-refractivity contribution in [3.8, 4) is 0 Å². The van der Waals surface area contributed by atoms with E-state index in [4.69, 9.17) is 9.88 Å². The maximum absolute atomic E-state index is 13.0. The normalized spacial score (nSPS) is 13.9. The number of sulfonamides is 2. The van der Waals surface area contributed by atoms with Gasteiger partial charge in [0.25, 0.3) is 0 Å². The lowest BCUT2D eigenvalue weighted by molar-refractivity contribution is -0.152. The molecule has 4 N–H and O–H groups in total. The number of carbonyl (C=O) groups excluding carboxylic acids is 2. The van der Waals surface area contributed by atoms with Crippen LogP contribution in [0.25, 0.3) is 0 Å². The summed E-state index contributed by atoms with van der Waals surface area (Å²) in [5.74, 6) is -1.54. The molecule has 1 aromatic carbocycles. The van der Waals surface area contributed by atoms with E-state index in [0.29, 0.717) is 6.42 Å². The Labute approximate surface area is 182 Å². The van der Waals surface area contributed by atoms with Gasteiger partial charge in [-0.25, -0.2) is 26.8 Å². The van der Waals surface area contributed by atoms with Crippen LogP contribution in [-0.4, -0.2) is 65.8 Å². The first-order valence-corrected chi connectivity index (χ1v) is 12.9. The Kier molecular flexibility index (Phi) is 8.99. The molecule has 1 aromatic rings. The number of aliphatic hydroxyl groups excluding tert-OH is 1. The Morgan fingerprint density at radius 2 is 1.84 bits per heavy atom. The van der Waals surface area contributed by atoms with Gasteiger partial charge in [0.05, 0.1) is 19.1 Å². The number of anilines is 2. The molecular weight excluding hydrogens is 450 g/mol. The van der Waals surface area contributed by atoms with E-state index in [1.165, 1.54) is 24.0 Å². The minimum Gasteiger partial charge on any atom is -0.467 e. The third kappa shape index (κ3) is 6.15. The number of hydrogen-bond donors (Lipinski definition) is 3. The summed E-state index contributed by atoms with van der Waals surface area (Å²) >= 11 is 0. The summed E-state index contributed by atoms with van der Waals surface area (Å²) in [4.78, 5) is 26.6. The Morgan fingerprint density at radius 3 is 2.26 bits per heavy atom. The number of benzene rings is 1. The molecule has 1 atom stereocenters. The van der Waals surface area contributed by atoms with Crippen LogP contribution in [0.5, 0.6) is 0 Å². The first-order valence-electron chi connectivity index (χ1n) is 9.43. The van der Waals surface area contributed by atoms with Crippen LogP contribution in [0.2, 0.25) is 0 Å². The molecule has 0 fully saturated rings. The van der Waals surface area contributed by atoms with Gasteiger partial charge in [0, 0.05) is 31.7 Å². The largest absolute Gasteiger partial charge is 0.467 e. The first kappa shape index (κ1) is 26.8. The maximum atomic E-state index is 13.0. The molecule has 1 rings (SSSR count). The molecule has 31 heavy (non-hydrogen) atoms. The van der Waals surface area contributed by atoms with Gasteiger partial charge in [0.1, 0.15) is 4.90 Å². The molecule has 0 aliphatic carbocycles. The molecule has 11 nitrogen and oxygen atoms in total. The van der Waals surface area contributed by atoms with Crippen molar-refractivity contribution < 1.29 is 36.3 Å². The summed E-state index contributed by atoms with van der Waals surface area (Å²) in [5, 5.41) is 15.0. The SMILES string of the molecule is CCCN(c1ccc(NS(C)(=O)=O)cc1S(N)(=O)=O)[C@](CCO)(C(=O)CC)C(=O)OC. The number of carbonyl (C=O) groups is 2. The molecule has 13 heteroatoms. The number of nitrogens with one attached hydrogen (secondary N) is 1. The van der Waals surface area contributed by atoms with Gasteiger partial charge in [-0.05, 0) is 24.6 Å². The van der Waals surface area contributed by atoms with Crippen LogP contribution in [0.4, 0.5) is 11.4 Å². The van der Waals surface area contributed by atoms with Gasteiger partial charge in [-0.15, -0.1) is 0 Å². The zero-order chi connectivity index (χ0) is 24.0. The standard InChI is InChI=1S/C18H29N3O8S2/c1-5-10-21(18(9-11-22,16(23)6-2)17(24)29-3)14-8-7-13(20-30(4,25)26)12-15(14)31(19,27)28/h7-8,12,20,22H,5-6,9-11H2,1-4H3,(H2,19,27,28)/t18-/m1/s1. The monoisotopic (exact) mass is 479 g/mol. The topological polar surface area (TPSA) is 173 Å². The lowest BCUT2D eigenvalue weighted by Crippen LogP contribution is -2.62. The van der Waals surface area contributed by atoms with Crippen molar-refractivity contribution in [2.75, 3.05) is 36.1 Å². The van der Waals surface area contributed by atoms with E-state index in [-0.39, 0.29) is 30.8 Å². The number of methoxy groups -OCH3 is 1. The van der Waals surface area contributed by atoms with Crippen molar-refractivity contribution in [1.29, 1.82) is 0 Å². The summed E-state index contributed by atoms with van der Waals surface area (Å²) < 4.78 is 54.9. The minimum atomic E-state index is -4.42. The molecule has 0 bridgehead atoms. The van der Waals surface area contributed by atoms with Crippen molar-refractivity contribution in [1.82, 2.24) is 0 Å². The number of ketones is 1. The highest BCUT2D eigenvalue weighted by Gasteiger charge is 2.51. The van der Waals surface area contributed by atoms with E-state index in [1.807, 2.05) is 0 Å². The molecular formula is C18H29N3O8S2. The summed E-state index contributed by atoms with van der Waals surface area (Å²) in [5.41, 5.74) is -2.16. The number of rotatable bonds is 12. The van der Waals surface area contributed by atoms with E-state index in [1.54, 1.807) is 6.92 Å². The molecule has 0 aromatic heterocycles. The predicted molar refractivity (Wildman–Crippen MR) is 116 cm³/mol. The number of hydrogen-bond acceptors (Lipinski definition) is 9. The van der Waals surface area contributed by atoms with Crippen LogP contribution in [0, 0.1) is 0 Å². The number of Topliss-reactive ketones (excluding diaryl/α,β-unsaturated/α-hetero) is 1. The van der Waals surface area contributed by atoms with Gasteiger partial charge in [-0.2, -0.15) is 0 Å². The van der Waals surface area contributed by atoms with E-state index in [0.717, 1.165) is 19.4 Å². The number of ether oxygens (including phenoxy) is 1. The molecule has 0 radical (unpaired) electrons. The second kappa shape index (κ2) is 10.4. The van der Waals surface area contributed by atoms with Gasteiger partial charge in [-0.3, -0.25) is 9.52 Å². The van der Waals surface area contributed by atoms with E-state index in [9.17, 15) is 31.5 Å². The number of esters is 1. The van der Waals surface area contributed by atoms with E-state index < -0.39 is 48.8 Å². The number of nitrogens with zero attached hydrogens (tertiary/aromatic N) is 1. The highest BCUT2D eigenvalue weighted by Crippen LogP contribution is 2.36. The fraction of sp³-hybridized carbons (Fsp3) is 0.556. The molecule has 0 amide bonds. The number of nitrogens with two attached hydrogens (primary N) is 1. The second-order valence-electron chi connectivity index (χ2n) is 6.86. The highest BCUT2D eigenvalue weighted by molar-refractivity contribution is 7.92. The summed E-state index contributed by atoms with van der Waals surface area (Å²) in [6.45, 7) is 2.77. The van der Waals surface area contributed by atoms with Gasteiger partial charge in [-0.1, -0.05) is 13.8 Å². The molecule has 0 aliphatic heterocycles. The van der Waals surface area contributed by atoms with Crippen molar-refractivity contribution in [2.45, 2.75) is 43.5 Å². The third-order valence-electron chi connectivity index (χ3n) is 4.55. The van der Waals surface area contributed by atoms with Crippen LogP contribution in [0.15, 0.2) is 23.1 Å². The minimum absolute atomic E-state index is 0.0439. The van der Waals surface area contributed by atoms with Crippen molar-refractivity contribution in [3.05, 3.63) is 18.2 Å². The molecule has 0 saturated heterocycles. The van der Waals surface area contributed by atoms with E-state index in [2.05, 4.69) is 4.72 Å². The van der Waals surface area contributed by atoms with Gasteiger partial charge >= 0.3 is 5.97 Å². The van der Waals surface area contributed by atoms with Crippen molar-refractivity contribution >= 4 is 43.2 Å². The number of primary sulfonamides is 1. The summed E-state index contributed by atoms with van der Waals surface area (Å²) in [6, 6.07) is 3.54. The third-order valence-corrected chi connectivity index (χ3v) is 6.09. The van der Waals surface area contributed by atoms with Crippen LogP contribution in [0.3, 0.4) is 0 Å². The van der Waals surface area contributed by atoms with Crippen LogP contribution in [0.1, 0.15) is 33.1 Å². The lowest BCUT2D eigenvalue weighted by Gasteiger charge is -2.42. The lowest BCUT2D eigenvalue weighted by atomic mass is 9.85.